The molecule has 3 heterocycles. The van der Waals surface area contributed by atoms with Crippen LogP contribution in [-0.4, -0.2) is 71.3 Å². The summed E-state index contributed by atoms with van der Waals surface area (Å²) in [4.78, 5) is 32.0. The van der Waals surface area contributed by atoms with Gasteiger partial charge < -0.3 is 9.80 Å². The van der Waals surface area contributed by atoms with Crippen LogP contribution in [0.3, 0.4) is 0 Å². The van der Waals surface area contributed by atoms with Gasteiger partial charge in [0.25, 0.3) is 0 Å². The zero-order valence-electron chi connectivity index (χ0n) is 15.0. The third-order valence-corrected chi connectivity index (χ3v) is 6.59. The summed E-state index contributed by atoms with van der Waals surface area (Å²) < 4.78 is 0. The third-order valence-electron chi connectivity index (χ3n) is 6.59. The van der Waals surface area contributed by atoms with Crippen LogP contribution >= 0.6 is 0 Å². The number of likely N-dealkylation sites (N-methyl/N-ethyl adjacent to an activating group) is 1. The van der Waals surface area contributed by atoms with E-state index < -0.39 is 0 Å². The Hall–Kier alpha value is -1.10. The first-order valence-corrected chi connectivity index (χ1v) is 9.99. The van der Waals surface area contributed by atoms with Crippen LogP contribution in [-0.2, 0) is 9.59 Å². The summed E-state index contributed by atoms with van der Waals surface area (Å²) >= 11 is 0. The van der Waals surface area contributed by atoms with Gasteiger partial charge in [-0.15, -0.1) is 0 Å². The number of rotatable bonds is 5. The summed E-state index contributed by atoms with van der Waals surface area (Å²) in [6.07, 6.45) is 7.69. The van der Waals surface area contributed by atoms with Crippen molar-refractivity contribution in [2.24, 2.45) is 11.8 Å². The van der Waals surface area contributed by atoms with Gasteiger partial charge in [0.15, 0.2) is 0 Å². The van der Waals surface area contributed by atoms with Crippen molar-refractivity contribution in [3.05, 3.63) is 0 Å². The molecule has 134 valence electrons. The standard InChI is InChI=1S/C19H31N3O2/c1-2-20-9-3-5-16(20)17-6-4-10-22(17)19(24)15-11-18(23)21(13-15)12-14-7-8-14/h14-17H,2-13H2,1H3/t15-,16-,17-/m1/s1. The predicted octanol–water partition coefficient (Wildman–Crippen LogP) is 1.72. The fourth-order valence-corrected chi connectivity index (χ4v) is 5.11. The highest BCUT2D eigenvalue weighted by molar-refractivity contribution is 5.89. The van der Waals surface area contributed by atoms with Gasteiger partial charge in [-0.3, -0.25) is 14.5 Å². The molecular weight excluding hydrogens is 302 g/mol. The first-order valence-electron chi connectivity index (χ1n) is 9.99. The molecule has 0 radical (unpaired) electrons. The first-order chi connectivity index (χ1) is 11.7. The average Bonchev–Trinajstić information content (AvgIpc) is 2.99. The van der Waals surface area contributed by atoms with E-state index in [0.717, 1.165) is 32.5 Å². The van der Waals surface area contributed by atoms with Crippen molar-refractivity contribution in [2.45, 2.75) is 64.0 Å². The fraction of sp³-hybridized carbons (Fsp3) is 0.895. The minimum Gasteiger partial charge on any atom is -0.342 e. The maximum Gasteiger partial charge on any atom is 0.228 e. The third kappa shape index (κ3) is 3.07. The summed E-state index contributed by atoms with van der Waals surface area (Å²) in [7, 11) is 0. The van der Waals surface area contributed by atoms with E-state index >= 15 is 0 Å². The molecule has 3 saturated heterocycles. The van der Waals surface area contributed by atoms with E-state index in [0.29, 0.717) is 31.0 Å². The second-order valence-corrected chi connectivity index (χ2v) is 8.22. The number of nitrogens with zero attached hydrogens (tertiary/aromatic N) is 3. The molecule has 5 heteroatoms. The summed E-state index contributed by atoms with van der Waals surface area (Å²) in [5, 5.41) is 0. The average molecular weight is 333 g/mol. The molecule has 4 rings (SSSR count). The summed E-state index contributed by atoms with van der Waals surface area (Å²) in [6.45, 7) is 6.94. The molecule has 0 aromatic heterocycles. The zero-order valence-corrected chi connectivity index (χ0v) is 15.0. The summed E-state index contributed by atoms with van der Waals surface area (Å²) in [5.74, 6) is 1.08. The van der Waals surface area contributed by atoms with Crippen molar-refractivity contribution in [1.29, 1.82) is 0 Å². The summed E-state index contributed by atoms with van der Waals surface area (Å²) in [6, 6.07) is 0.925. The Balaban J connectivity index is 1.40. The van der Waals surface area contributed by atoms with Gasteiger partial charge in [-0.25, -0.2) is 0 Å². The molecule has 24 heavy (non-hydrogen) atoms. The first kappa shape index (κ1) is 16.4. The minimum absolute atomic E-state index is 0.0895. The van der Waals surface area contributed by atoms with Gasteiger partial charge in [0.2, 0.25) is 11.8 Å². The molecule has 0 unspecified atom stereocenters. The lowest BCUT2D eigenvalue weighted by Crippen LogP contribution is -2.50. The predicted molar refractivity (Wildman–Crippen MR) is 92.4 cm³/mol. The number of hydrogen-bond donors (Lipinski definition) is 0. The number of likely N-dealkylation sites (tertiary alicyclic amines) is 3. The molecule has 2 amide bonds. The van der Waals surface area contributed by atoms with E-state index in [2.05, 4.69) is 16.7 Å². The Bertz CT molecular complexity index is 505. The highest BCUT2D eigenvalue weighted by atomic mass is 16.2. The lowest BCUT2D eigenvalue weighted by atomic mass is 10.0. The highest BCUT2D eigenvalue weighted by Crippen LogP contribution is 2.34. The lowest BCUT2D eigenvalue weighted by molar-refractivity contribution is -0.137. The second-order valence-electron chi connectivity index (χ2n) is 8.22. The largest absolute Gasteiger partial charge is 0.342 e. The van der Waals surface area contributed by atoms with E-state index in [4.69, 9.17) is 0 Å². The van der Waals surface area contributed by atoms with Crippen LogP contribution in [0.5, 0.6) is 0 Å². The SMILES string of the molecule is CCN1CCC[C@@H]1[C@H]1CCCN1C(=O)[C@@H]1CC(=O)N(CC2CC2)C1. The fourth-order valence-electron chi connectivity index (χ4n) is 5.11. The molecule has 3 aliphatic heterocycles. The Morgan fingerprint density at radius 1 is 1.08 bits per heavy atom. The molecule has 0 bridgehead atoms. The van der Waals surface area contributed by atoms with Crippen molar-refractivity contribution < 1.29 is 9.59 Å². The number of amides is 2. The molecular formula is C19H31N3O2. The van der Waals surface area contributed by atoms with Gasteiger partial charge in [0.1, 0.15) is 0 Å². The Morgan fingerprint density at radius 2 is 1.83 bits per heavy atom. The van der Waals surface area contributed by atoms with Crippen LogP contribution in [0.25, 0.3) is 0 Å². The van der Waals surface area contributed by atoms with Crippen LogP contribution in [0.15, 0.2) is 0 Å². The minimum atomic E-state index is -0.0895. The molecule has 1 saturated carbocycles. The zero-order chi connectivity index (χ0) is 16.7. The van der Waals surface area contributed by atoms with Crippen molar-refractivity contribution in [1.82, 2.24) is 14.7 Å². The van der Waals surface area contributed by atoms with Crippen molar-refractivity contribution in [3.8, 4) is 0 Å². The second kappa shape index (κ2) is 6.66. The maximum absolute atomic E-state index is 13.1. The maximum atomic E-state index is 13.1. The van der Waals surface area contributed by atoms with Crippen molar-refractivity contribution >= 4 is 11.8 Å². The normalized spacial score (nSPS) is 34.5. The van der Waals surface area contributed by atoms with Gasteiger partial charge in [0.05, 0.1) is 5.92 Å². The number of carbonyl (C=O) groups excluding carboxylic acids is 2. The van der Waals surface area contributed by atoms with Gasteiger partial charge in [-0.05, 0) is 57.5 Å². The molecule has 0 N–H and O–H groups in total. The van der Waals surface area contributed by atoms with Crippen LogP contribution in [0.4, 0.5) is 0 Å². The Labute approximate surface area is 145 Å². The van der Waals surface area contributed by atoms with Gasteiger partial charge in [-0.2, -0.15) is 0 Å². The Morgan fingerprint density at radius 3 is 2.58 bits per heavy atom. The van der Waals surface area contributed by atoms with Crippen LogP contribution in [0.1, 0.15) is 51.9 Å². The molecule has 4 aliphatic rings. The summed E-state index contributed by atoms with van der Waals surface area (Å²) in [5.41, 5.74) is 0. The quantitative estimate of drug-likeness (QED) is 0.769. The molecule has 1 aliphatic carbocycles. The van der Waals surface area contributed by atoms with Crippen molar-refractivity contribution in [3.63, 3.8) is 0 Å². The van der Waals surface area contributed by atoms with E-state index in [1.807, 2.05) is 4.90 Å². The molecule has 3 atom stereocenters. The van der Waals surface area contributed by atoms with Gasteiger partial charge in [-0.1, -0.05) is 6.92 Å². The monoisotopic (exact) mass is 333 g/mol. The van der Waals surface area contributed by atoms with E-state index in [1.165, 1.54) is 32.2 Å². The lowest BCUT2D eigenvalue weighted by Gasteiger charge is -2.35. The topological polar surface area (TPSA) is 43.9 Å². The Kier molecular flexibility index (Phi) is 4.54. The van der Waals surface area contributed by atoms with E-state index in [-0.39, 0.29) is 17.7 Å². The van der Waals surface area contributed by atoms with Crippen molar-refractivity contribution in [2.75, 3.05) is 32.7 Å². The number of carbonyl (C=O) groups is 2. The smallest absolute Gasteiger partial charge is 0.228 e. The molecule has 0 spiro atoms. The van der Waals surface area contributed by atoms with E-state index in [1.54, 1.807) is 0 Å². The van der Waals surface area contributed by atoms with Crippen LogP contribution in [0, 0.1) is 11.8 Å². The molecule has 4 fully saturated rings. The highest BCUT2D eigenvalue weighted by Gasteiger charge is 2.44. The molecule has 0 aromatic carbocycles. The molecule has 5 nitrogen and oxygen atoms in total. The van der Waals surface area contributed by atoms with Crippen LogP contribution in [0.2, 0.25) is 0 Å². The molecule has 0 aromatic rings. The number of hydrogen-bond acceptors (Lipinski definition) is 3. The van der Waals surface area contributed by atoms with Gasteiger partial charge in [0, 0.05) is 38.1 Å². The van der Waals surface area contributed by atoms with Gasteiger partial charge >= 0.3 is 0 Å². The van der Waals surface area contributed by atoms with E-state index in [9.17, 15) is 9.59 Å². The van der Waals surface area contributed by atoms with Crippen LogP contribution < -0.4 is 0 Å².